The van der Waals surface area contributed by atoms with Crippen molar-refractivity contribution in [3.8, 4) is 5.75 Å². The smallest absolute Gasteiger partial charge is 0.248 e. The van der Waals surface area contributed by atoms with Crippen molar-refractivity contribution < 1.29 is 9.90 Å². The third-order valence-electron chi connectivity index (χ3n) is 3.32. The minimum absolute atomic E-state index is 0.120. The van der Waals surface area contributed by atoms with E-state index in [4.69, 9.17) is 0 Å². The van der Waals surface area contributed by atoms with Gasteiger partial charge in [-0.2, -0.15) is 0 Å². The fraction of sp³-hybridized carbons (Fsp3) is 0.211. The van der Waals surface area contributed by atoms with Crippen LogP contribution < -0.4 is 5.32 Å². The number of carbonyl (C=O) groups excluding carboxylic acids is 1. The molecular weight excluding hydrogens is 274 g/mol. The second-order valence-corrected chi connectivity index (χ2v) is 6.24. The molecule has 0 aliphatic carbocycles. The fourth-order valence-corrected chi connectivity index (χ4v) is 2.03. The second-order valence-electron chi connectivity index (χ2n) is 6.24. The highest BCUT2D eigenvalue weighted by atomic mass is 16.3. The van der Waals surface area contributed by atoms with Crippen LogP contribution in [0.5, 0.6) is 5.75 Å². The largest absolute Gasteiger partial charge is 0.508 e. The molecule has 0 bridgehead atoms. The third-order valence-corrected chi connectivity index (χ3v) is 3.32. The summed E-state index contributed by atoms with van der Waals surface area (Å²) in [4.78, 5) is 11.8. The zero-order chi connectivity index (χ0) is 16.2. The van der Waals surface area contributed by atoms with Gasteiger partial charge in [-0.3, -0.25) is 4.79 Å². The number of phenolic OH excluding ortho intramolecular Hbond substituents is 1. The van der Waals surface area contributed by atoms with E-state index in [9.17, 15) is 9.90 Å². The molecule has 0 unspecified atom stereocenters. The van der Waals surface area contributed by atoms with Crippen LogP contribution in [0.25, 0.3) is 6.08 Å². The van der Waals surface area contributed by atoms with E-state index in [2.05, 4.69) is 38.2 Å². The summed E-state index contributed by atoms with van der Waals surface area (Å²) >= 11 is 0. The molecule has 3 heteroatoms. The number of carbonyl (C=O) groups is 1. The van der Waals surface area contributed by atoms with Crippen molar-refractivity contribution in [1.82, 2.24) is 0 Å². The Labute approximate surface area is 131 Å². The van der Waals surface area contributed by atoms with Gasteiger partial charge in [0, 0.05) is 17.8 Å². The van der Waals surface area contributed by atoms with Gasteiger partial charge in [-0.15, -0.1) is 0 Å². The SMILES string of the molecule is CC(C)(C)c1ccc(C=CC(=O)Nc2cccc(O)c2)cc1. The topological polar surface area (TPSA) is 49.3 Å². The van der Waals surface area contributed by atoms with Crippen LogP contribution in [-0.2, 0) is 10.2 Å². The Kier molecular flexibility index (Phi) is 4.66. The van der Waals surface area contributed by atoms with Crippen molar-refractivity contribution in [2.45, 2.75) is 26.2 Å². The highest BCUT2D eigenvalue weighted by Gasteiger charge is 2.12. The normalized spacial score (nSPS) is 11.6. The molecule has 1 amide bonds. The van der Waals surface area contributed by atoms with Gasteiger partial charge in [-0.1, -0.05) is 51.1 Å². The molecule has 2 aromatic carbocycles. The molecule has 2 rings (SSSR count). The first-order valence-electron chi connectivity index (χ1n) is 7.23. The molecular formula is C19H21NO2. The fourth-order valence-electron chi connectivity index (χ4n) is 2.03. The molecule has 0 saturated heterocycles. The zero-order valence-corrected chi connectivity index (χ0v) is 13.1. The maximum Gasteiger partial charge on any atom is 0.248 e. The molecule has 0 heterocycles. The molecule has 0 aromatic heterocycles. The lowest BCUT2D eigenvalue weighted by Crippen LogP contribution is -2.10. The summed E-state index contributed by atoms with van der Waals surface area (Å²) in [6, 6.07) is 14.6. The lowest BCUT2D eigenvalue weighted by atomic mass is 9.87. The molecule has 2 N–H and O–H groups in total. The summed E-state index contributed by atoms with van der Waals surface area (Å²) in [7, 11) is 0. The van der Waals surface area contributed by atoms with Crippen molar-refractivity contribution in [3.05, 3.63) is 65.7 Å². The minimum Gasteiger partial charge on any atom is -0.508 e. The van der Waals surface area contributed by atoms with E-state index in [-0.39, 0.29) is 17.1 Å². The number of aromatic hydroxyl groups is 1. The molecule has 0 aliphatic heterocycles. The van der Waals surface area contributed by atoms with Gasteiger partial charge < -0.3 is 10.4 Å². The Morgan fingerprint density at radius 1 is 1.09 bits per heavy atom. The van der Waals surface area contributed by atoms with Gasteiger partial charge >= 0.3 is 0 Å². The van der Waals surface area contributed by atoms with Crippen LogP contribution in [0.15, 0.2) is 54.6 Å². The molecule has 0 saturated carbocycles. The summed E-state index contributed by atoms with van der Waals surface area (Å²) in [6.07, 6.45) is 3.25. The summed E-state index contributed by atoms with van der Waals surface area (Å²) in [6.45, 7) is 6.50. The first-order valence-corrected chi connectivity index (χ1v) is 7.23. The highest BCUT2D eigenvalue weighted by Crippen LogP contribution is 2.22. The Bertz CT molecular complexity index is 679. The molecule has 0 fully saturated rings. The molecule has 2 aromatic rings. The van der Waals surface area contributed by atoms with Crippen LogP contribution in [0, 0.1) is 0 Å². The summed E-state index contributed by atoms with van der Waals surface area (Å²) in [5.41, 5.74) is 2.92. The Hall–Kier alpha value is -2.55. The number of hydrogen-bond donors (Lipinski definition) is 2. The van der Waals surface area contributed by atoms with Gasteiger partial charge in [0.25, 0.3) is 0 Å². The van der Waals surface area contributed by atoms with Gasteiger partial charge in [0.1, 0.15) is 5.75 Å². The molecule has 3 nitrogen and oxygen atoms in total. The van der Waals surface area contributed by atoms with Crippen LogP contribution in [0.4, 0.5) is 5.69 Å². The number of anilines is 1. The predicted octanol–water partition coefficient (Wildman–Crippen LogP) is 4.34. The average Bonchev–Trinajstić information content (AvgIpc) is 2.45. The van der Waals surface area contributed by atoms with Crippen LogP contribution in [0.3, 0.4) is 0 Å². The van der Waals surface area contributed by atoms with E-state index in [1.807, 2.05) is 12.1 Å². The molecule has 0 spiro atoms. The van der Waals surface area contributed by atoms with Crippen molar-refractivity contribution in [2.24, 2.45) is 0 Å². The van der Waals surface area contributed by atoms with Crippen LogP contribution in [0.1, 0.15) is 31.9 Å². The summed E-state index contributed by atoms with van der Waals surface area (Å²) < 4.78 is 0. The predicted molar refractivity (Wildman–Crippen MR) is 90.9 cm³/mol. The third kappa shape index (κ3) is 4.48. The Balaban J connectivity index is 2.00. The summed E-state index contributed by atoms with van der Waals surface area (Å²) in [5, 5.41) is 12.1. The standard InChI is InChI=1S/C19H21NO2/c1-19(2,3)15-10-7-14(8-11-15)9-12-18(22)20-16-5-4-6-17(21)13-16/h4-13,21H,1-3H3,(H,20,22). The number of rotatable bonds is 3. The average molecular weight is 295 g/mol. The number of benzene rings is 2. The molecule has 0 radical (unpaired) electrons. The van der Waals surface area contributed by atoms with E-state index < -0.39 is 0 Å². The number of nitrogens with one attached hydrogen (secondary N) is 1. The maximum atomic E-state index is 11.8. The van der Waals surface area contributed by atoms with Crippen LogP contribution >= 0.6 is 0 Å². The van der Waals surface area contributed by atoms with Crippen LogP contribution in [-0.4, -0.2) is 11.0 Å². The lowest BCUT2D eigenvalue weighted by Gasteiger charge is -2.18. The highest BCUT2D eigenvalue weighted by molar-refractivity contribution is 6.02. The molecule has 114 valence electrons. The Morgan fingerprint density at radius 3 is 2.36 bits per heavy atom. The van der Waals surface area contributed by atoms with Gasteiger partial charge in [0.15, 0.2) is 0 Å². The van der Waals surface area contributed by atoms with Gasteiger partial charge in [0.2, 0.25) is 5.91 Å². The zero-order valence-electron chi connectivity index (χ0n) is 13.1. The van der Waals surface area contributed by atoms with E-state index in [0.717, 1.165) is 5.56 Å². The number of hydrogen-bond acceptors (Lipinski definition) is 2. The van der Waals surface area contributed by atoms with Crippen LogP contribution in [0.2, 0.25) is 0 Å². The first kappa shape index (κ1) is 15.8. The van der Waals surface area contributed by atoms with E-state index >= 15 is 0 Å². The Morgan fingerprint density at radius 2 is 1.77 bits per heavy atom. The van der Waals surface area contributed by atoms with Crippen molar-refractivity contribution in [2.75, 3.05) is 5.32 Å². The van der Waals surface area contributed by atoms with E-state index in [1.165, 1.54) is 17.7 Å². The molecule has 0 atom stereocenters. The number of amides is 1. The quantitative estimate of drug-likeness (QED) is 0.827. The van der Waals surface area contributed by atoms with Crippen molar-refractivity contribution in [3.63, 3.8) is 0 Å². The number of phenols is 1. The van der Waals surface area contributed by atoms with Crippen molar-refractivity contribution >= 4 is 17.7 Å². The van der Waals surface area contributed by atoms with Gasteiger partial charge in [0.05, 0.1) is 0 Å². The molecule has 22 heavy (non-hydrogen) atoms. The minimum atomic E-state index is -0.231. The van der Waals surface area contributed by atoms with Crippen molar-refractivity contribution in [1.29, 1.82) is 0 Å². The van der Waals surface area contributed by atoms with Gasteiger partial charge in [-0.05, 0) is 34.8 Å². The van der Waals surface area contributed by atoms with E-state index in [0.29, 0.717) is 5.69 Å². The lowest BCUT2D eigenvalue weighted by molar-refractivity contribution is -0.111. The molecule has 0 aliphatic rings. The first-order chi connectivity index (χ1) is 10.3. The second kappa shape index (κ2) is 6.48. The van der Waals surface area contributed by atoms with E-state index in [1.54, 1.807) is 24.3 Å². The monoisotopic (exact) mass is 295 g/mol. The van der Waals surface area contributed by atoms with Gasteiger partial charge in [-0.25, -0.2) is 0 Å². The maximum absolute atomic E-state index is 11.8. The summed E-state index contributed by atoms with van der Waals surface area (Å²) in [5.74, 6) is -0.106.